The van der Waals surface area contributed by atoms with E-state index >= 15 is 0 Å². The van der Waals surface area contributed by atoms with Gasteiger partial charge in [-0.1, -0.05) is 11.6 Å². The van der Waals surface area contributed by atoms with E-state index in [9.17, 15) is 14.9 Å². The molecule has 11 nitrogen and oxygen atoms in total. The molecule has 4 aliphatic rings. The Kier molecular flexibility index (Phi) is 5.89. The van der Waals surface area contributed by atoms with Crippen LogP contribution >= 0.6 is 11.6 Å². The zero-order valence-electron chi connectivity index (χ0n) is 22.0. The number of hydrogen-bond donors (Lipinski definition) is 1. The zero-order valence-corrected chi connectivity index (χ0v) is 22.7. The number of anilines is 1. The van der Waals surface area contributed by atoms with E-state index in [4.69, 9.17) is 11.6 Å². The Morgan fingerprint density at radius 2 is 1.92 bits per heavy atom. The first kappa shape index (κ1) is 25.1. The van der Waals surface area contributed by atoms with Crippen molar-refractivity contribution in [2.24, 2.45) is 17.3 Å². The predicted octanol–water partition coefficient (Wildman–Crippen LogP) is 4.85. The van der Waals surface area contributed by atoms with Crippen molar-refractivity contribution in [1.82, 2.24) is 29.3 Å². The highest BCUT2D eigenvalue weighted by Crippen LogP contribution is 2.65. The summed E-state index contributed by atoms with van der Waals surface area (Å²) in [6, 6.07) is 0. The first-order chi connectivity index (χ1) is 18.1. The highest BCUT2D eigenvalue weighted by atomic mass is 35.5. The number of amides is 1. The summed E-state index contributed by atoms with van der Waals surface area (Å²) < 4.78 is 5.61. The molecular formula is C26H33ClN8O3. The van der Waals surface area contributed by atoms with Gasteiger partial charge in [0, 0.05) is 30.4 Å². The van der Waals surface area contributed by atoms with Crippen LogP contribution in [0.1, 0.15) is 68.8 Å². The van der Waals surface area contributed by atoms with Crippen LogP contribution in [0.25, 0.3) is 0 Å². The molecule has 0 saturated heterocycles. The second-order valence-electron chi connectivity index (χ2n) is 11.8. The Hall–Kier alpha value is -3.21. The first-order valence-corrected chi connectivity index (χ1v) is 13.7. The second-order valence-corrected chi connectivity index (χ2v) is 12.2. The summed E-state index contributed by atoms with van der Waals surface area (Å²) in [6.45, 7) is 7.34. The number of rotatable bonds is 8. The maximum atomic E-state index is 13.3. The van der Waals surface area contributed by atoms with Crippen LogP contribution in [0.5, 0.6) is 0 Å². The van der Waals surface area contributed by atoms with E-state index in [2.05, 4.69) is 27.5 Å². The van der Waals surface area contributed by atoms with Gasteiger partial charge in [-0.3, -0.25) is 14.2 Å². The van der Waals surface area contributed by atoms with Crippen molar-refractivity contribution >= 4 is 29.0 Å². The molecule has 202 valence electrons. The predicted molar refractivity (Wildman–Crippen MR) is 141 cm³/mol. The van der Waals surface area contributed by atoms with Crippen molar-refractivity contribution in [3.8, 4) is 0 Å². The van der Waals surface area contributed by atoms with Gasteiger partial charge in [-0.25, -0.2) is 0 Å². The van der Waals surface area contributed by atoms with Gasteiger partial charge in [0.1, 0.15) is 0 Å². The summed E-state index contributed by atoms with van der Waals surface area (Å²) in [6.07, 6.45) is 11.7. The van der Waals surface area contributed by atoms with Crippen LogP contribution in [0.15, 0.2) is 18.6 Å². The van der Waals surface area contributed by atoms with Crippen LogP contribution in [-0.2, 0) is 23.4 Å². The minimum Gasteiger partial charge on any atom is -0.358 e. The van der Waals surface area contributed by atoms with E-state index in [1.807, 2.05) is 40.3 Å². The molecule has 0 radical (unpaired) electrons. The zero-order chi connectivity index (χ0) is 26.8. The van der Waals surface area contributed by atoms with Crippen LogP contribution < -0.4 is 5.32 Å². The van der Waals surface area contributed by atoms with Crippen LogP contribution in [0.4, 0.5) is 11.5 Å². The van der Waals surface area contributed by atoms with E-state index < -0.39 is 4.92 Å². The normalized spacial score (nSPS) is 27.7. The molecular weight excluding hydrogens is 508 g/mol. The molecule has 38 heavy (non-hydrogen) atoms. The molecule has 7 rings (SSSR count). The van der Waals surface area contributed by atoms with Gasteiger partial charge >= 0.3 is 5.82 Å². The fourth-order valence-corrected chi connectivity index (χ4v) is 8.28. The van der Waals surface area contributed by atoms with Crippen molar-refractivity contribution in [3.05, 3.63) is 50.7 Å². The number of nitro groups is 1. The fraction of sp³-hybridized carbons (Fsp3) is 0.615. The summed E-state index contributed by atoms with van der Waals surface area (Å²) in [5, 5.41) is 27.9. The Labute approximate surface area is 225 Å². The van der Waals surface area contributed by atoms with Gasteiger partial charge in [-0.2, -0.15) is 14.9 Å². The second kappa shape index (κ2) is 8.93. The number of halogens is 1. The highest BCUT2D eigenvalue weighted by molar-refractivity contribution is 6.33. The molecule has 2 atom stereocenters. The van der Waals surface area contributed by atoms with Gasteiger partial charge in [0.25, 0.3) is 0 Å². The van der Waals surface area contributed by atoms with Gasteiger partial charge in [-0.05, 0) is 81.5 Å². The molecule has 4 aliphatic carbocycles. The minimum absolute atomic E-state index is 0.0159. The Morgan fingerprint density at radius 3 is 2.55 bits per heavy atom. The average molecular weight is 541 g/mol. The monoisotopic (exact) mass is 540 g/mol. The van der Waals surface area contributed by atoms with E-state index in [0.717, 1.165) is 56.3 Å². The van der Waals surface area contributed by atoms with Gasteiger partial charge < -0.3 is 15.4 Å². The molecule has 3 heterocycles. The molecule has 4 fully saturated rings. The van der Waals surface area contributed by atoms with E-state index in [1.165, 1.54) is 0 Å². The molecule has 0 spiro atoms. The lowest BCUT2D eigenvalue weighted by Crippen LogP contribution is -2.57. The number of aromatic nitrogens is 6. The van der Waals surface area contributed by atoms with E-state index in [-0.39, 0.29) is 27.7 Å². The SMILES string of the molecule is CCn1ncc(Cn2cc(NC(=O)CC34CC5CC(C3)CC(n3nc([N+](=O)[O-])c(Cl)c3C)(C5)C4)cn2)c1C. The molecule has 4 saturated carbocycles. The highest BCUT2D eigenvalue weighted by Gasteiger charge is 2.60. The van der Waals surface area contributed by atoms with Gasteiger partial charge in [0.15, 0.2) is 5.02 Å². The molecule has 12 heteroatoms. The number of hydrogen-bond acceptors (Lipinski definition) is 6. The minimum atomic E-state index is -0.507. The van der Waals surface area contributed by atoms with Crippen molar-refractivity contribution in [1.29, 1.82) is 0 Å². The number of aryl methyl sites for hydroxylation is 1. The lowest BCUT2D eigenvalue weighted by Gasteiger charge is -2.61. The molecule has 1 N–H and O–H groups in total. The molecule has 0 aliphatic heterocycles. The fourth-order valence-electron chi connectivity index (χ4n) is 8.10. The number of nitrogens with one attached hydrogen (secondary N) is 1. The number of nitrogens with zero attached hydrogens (tertiary/aromatic N) is 7. The molecule has 3 aromatic rings. The summed E-state index contributed by atoms with van der Waals surface area (Å²) in [5.41, 5.74) is 3.07. The van der Waals surface area contributed by atoms with Gasteiger partial charge in [0.2, 0.25) is 5.91 Å². The molecule has 2 unspecified atom stereocenters. The third-order valence-corrected chi connectivity index (χ3v) is 9.53. The third kappa shape index (κ3) is 4.11. The van der Waals surface area contributed by atoms with Crippen LogP contribution in [0, 0.1) is 41.2 Å². The maximum absolute atomic E-state index is 13.3. The summed E-state index contributed by atoms with van der Waals surface area (Å²) in [5.74, 6) is 0.680. The topological polar surface area (TPSA) is 126 Å². The summed E-state index contributed by atoms with van der Waals surface area (Å²) in [4.78, 5) is 24.3. The van der Waals surface area contributed by atoms with Crippen LogP contribution in [0.2, 0.25) is 5.02 Å². The average Bonchev–Trinajstić information content (AvgIpc) is 3.51. The Bertz CT molecular complexity index is 1410. The first-order valence-electron chi connectivity index (χ1n) is 13.3. The molecule has 3 aromatic heterocycles. The van der Waals surface area contributed by atoms with Gasteiger partial charge in [0.05, 0.1) is 41.0 Å². The smallest absolute Gasteiger partial charge is 0.358 e. The lowest BCUT2D eigenvalue weighted by molar-refractivity contribution is -0.389. The van der Waals surface area contributed by atoms with Crippen molar-refractivity contribution < 1.29 is 9.72 Å². The van der Waals surface area contributed by atoms with Crippen molar-refractivity contribution in [3.63, 3.8) is 0 Å². The Balaban J connectivity index is 1.18. The van der Waals surface area contributed by atoms with Crippen molar-refractivity contribution in [2.75, 3.05) is 5.32 Å². The molecule has 0 aromatic carbocycles. The largest absolute Gasteiger partial charge is 0.408 e. The summed E-state index contributed by atoms with van der Waals surface area (Å²) in [7, 11) is 0. The van der Waals surface area contributed by atoms with Crippen LogP contribution in [0.3, 0.4) is 0 Å². The Morgan fingerprint density at radius 1 is 1.18 bits per heavy atom. The summed E-state index contributed by atoms with van der Waals surface area (Å²) >= 11 is 6.33. The molecule has 1 amide bonds. The van der Waals surface area contributed by atoms with Gasteiger partial charge in [-0.15, -0.1) is 0 Å². The van der Waals surface area contributed by atoms with E-state index in [1.54, 1.807) is 6.20 Å². The number of carbonyl (C=O) groups excluding carboxylic acids is 1. The standard InChI is InChI=1S/C26H33ClN8O3/c1-4-33-16(2)20(11-29-33)13-32-14-21(12-28-32)30-22(36)10-25-6-18-5-19(7-25)9-26(8-18,15-25)34-17(3)23(27)24(31-34)35(37)38/h11-12,14,18-19H,4-10,13,15H2,1-3H3,(H,30,36). The number of carbonyl (C=O) groups is 1. The quantitative estimate of drug-likeness (QED) is 0.321. The molecule has 4 bridgehead atoms. The van der Waals surface area contributed by atoms with Crippen molar-refractivity contribution in [2.45, 2.75) is 84.3 Å². The van der Waals surface area contributed by atoms with Crippen LogP contribution in [-0.4, -0.2) is 40.2 Å². The van der Waals surface area contributed by atoms with E-state index in [0.29, 0.717) is 36.2 Å². The lowest BCUT2D eigenvalue weighted by atomic mass is 9.46. The third-order valence-electron chi connectivity index (χ3n) is 9.09. The maximum Gasteiger partial charge on any atom is 0.408 e.